The Bertz CT molecular complexity index is 698. The number of fused-ring (bicyclic) bond motifs is 5. The van der Waals surface area contributed by atoms with Gasteiger partial charge in [-0.3, -0.25) is 0 Å². The molecule has 0 saturated heterocycles. The molecule has 1 aromatic carbocycles. The molecule has 0 saturated carbocycles. The maximum Gasteiger partial charge on any atom is 0.0779 e. The van der Waals surface area contributed by atoms with Crippen molar-refractivity contribution in [3.8, 4) is 0 Å². The summed E-state index contributed by atoms with van der Waals surface area (Å²) in [5.41, 5.74) is 6.71. The summed E-state index contributed by atoms with van der Waals surface area (Å²) in [6.07, 6.45) is 15.4. The lowest BCUT2D eigenvalue weighted by Crippen LogP contribution is -2.34. The van der Waals surface area contributed by atoms with Crippen molar-refractivity contribution in [1.29, 1.82) is 0 Å². The molecule has 0 radical (unpaired) electrons. The number of hydrogen-bond acceptors (Lipinski definition) is 1. The summed E-state index contributed by atoms with van der Waals surface area (Å²) in [5, 5.41) is 0. The quantitative estimate of drug-likeness (QED) is 0.664. The molecule has 92 valence electrons. The van der Waals surface area contributed by atoms with E-state index in [1.807, 2.05) is 0 Å². The molecular weight excluding hydrogens is 230 g/mol. The lowest BCUT2D eigenvalue weighted by molar-refractivity contribution is 0.456. The second-order valence-electron chi connectivity index (χ2n) is 5.17. The van der Waals surface area contributed by atoms with Crippen molar-refractivity contribution in [2.24, 2.45) is 0 Å². The molecule has 1 aromatic rings. The van der Waals surface area contributed by atoms with Crippen molar-refractivity contribution < 1.29 is 0 Å². The fourth-order valence-corrected chi connectivity index (χ4v) is 3.11. The summed E-state index contributed by atoms with van der Waals surface area (Å²) in [6, 6.07) is 8.96. The van der Waals surface area contributed by atoms with Crippen molar-refractivity contribution in [2.75, 3.05) is 0 Å². The minimum absolute atomic E-state index is 0.329. The second kappa shape index (κ2) is 3.86. The summed E-state index contributed by atoms with van der Waals surface area (Å²) in [6.45, 7) is 2.19. The highest BCUT2D eigenvalue weighted by atomic mass is 15.2. The molecule has 0 fully saturated rings. The van der Waals surface area contributed by atoms with Crippen molar-refractivity contribution >= 4 is 11.6 Å². The maximum atomic E-state index is 2.36. The van der Waals surface area contributed by atoms with E-state index in [1.54, 1.807) is 0 Å². The smallest absolute Gasteiger partial charge is 0.0779 e. The Morgan fingerprint density at radius 2 is 1.95 bits per heavy atom. The Hall–Kier alpha value is -2.28. The Labute approximate surface area is 113 Å². The molecule has 2 aliphatic heterocycles. The van der Waals surface area contributed by atoms with E-state index in [0.717, 1.165) is 0 Å². The van der Waals surface area contributed by atoms with Gasteiger partial charge < -0.3 is 4.90 Å². The van der Waals surface area contributed by atoms with Crippen LogP contribution in [0.5, 0.6) is 0 Å². The number of nitrogens with zero attached hydrogens (tertiary/aromatic N) is 1. The van der Waals surface area contributed by atoms with Crippen LogP contribution in [0.25, 0.3) is 11.6 Å². The topological polar surface area (TPSA) is 3.24 Å². The van der Waals surface area contributed by atoms with Gasteiger partial charge in [-0.05, 0) is 41.3 Å². The first-order chi connectivity index (χ1) is 9.34. The number of hydrogen-bond donors (Lipinski definition) is 0. The molecule has 1 unspecified atom stereocenters. The average molecular weight is 245 g/mol. The lowest BCUT2D eigenvalue weighted by Gasteiger charge is -2.39. The summed E-state index contributed by atoms with van der Waals surface area (Å²) < 4.78 is 0. The highest BCUT2D eigenvalue weighted by Crippen LogP contribution is 2.39. The molecule has 0 aromatic heterocycles. The van der Waals surface area contributed by atoms with Crippen LogP contribution < -0.4 is 0 Å². The van der Waals surface area contributed by atoms with Crippen LogP contribution in [0.4, 0.5) is 0 Å². The SMILES string of the molecule is CC1=C2C=CC=CN2C2C=Cc3ccccc3C2=C1. The molecule has 4 rings (SSSR count). The van der Waals surface area contributed by atoms with Gasteiger partial charge in [-0.2, -0.15) is 0 Å². The first kappa shape index (κ1) is 10.6. The Kier molecular flexibility index (Phi) is 2.16. The number of rotatable bonds is 0. The maximum absolute atomic E-state index is 2.36. The molecule has 19 heavy (non-hydrogen) atoms. The van der Waals surface area contributed by atoms with Crippen molar-refractivity contribution in [3.63, 3.8) is 0 Å². The summed E-state index contributed by atoms with van der Waals surface area (Å²) in [4.78, 5) is 2.36. The molecule has 0 spiro atoms. The Balaban J connectivity index is 1.95. The van der Waals surface area contributed by atoms with E-state index in [4.69, 9.17) is 0 Å². The van der Waals surface area contributed by atoms with Crippen LogP contribution >= 0.6 is 0 Å². The number of allylic oxidation sites excluding steroid dienone is 5. The monoisotopic (exact) mass is 245 g/mol. The summed E-state index contributed by atoms with van der Waals surface area (Å²) in [7, 11) is 0. The van der Waals surface area contributed by atoms with Crippen LogP contribution in [-0.2, 0) is 0 Å². The van der Waals surface area contributed by atoms with E-state index >= 15 is 0 Å². The van der Waals surface area contributed by atoms with Crippen LogP contribution in [0.2, 0.25) is 0 Å². The van der Waals surface area contributed by atoms with Crippen LogP contribution in [0.15, 0.2) is 72.1 Å². The molecule has 0 amide bonds. The minimum Gasteiger partial charge on any atom is -0.337 e. The Morgan fingerprint density at radius 3 is 2.89 bits per heavy atom. The molecule has 3 aliphatic rings. The standard InChI is InChI=1S/C18H15N/c1-13-12-16-15-7-3-2-6-14(15)9-10-18(16)19-11-5-4-8-17(13)19/h2-12,18H,1H3. The normalized spacial score (nSPS) is 22.9. The zero-order chi connectivity index (χ0) is 12.8. The van der Waals surface area contributed by atoms with E-state index in [9.17, 15) is 0 Å². The van der Waals surface area contributed by atoms with E-state index in [1.165, 1.54) is 28.0 Å². The Morgan fingerprint density at radius 1 is 1.05 bits per heavy atom. The van der Waals surface area contributed by atoms with E-state index in [0.29, 0.717) is 6.04 Å². The van der Waals surface area contributed by atoms with Crippen LogP contribution in [0.1, 0.15) is 18.1 Å². The van der Waals surface area contributed by atoms with Crippen LogP contribution in [-0.4, -0.2) is 10.9 Å². The van der Waals surface area contributed by atoms with Crippen molar-refractivity contribution in [1.82, 2.24) is 4.90 Å². The third kappa shape index (κ3) is 1.48. The number of benzene rings is 1. The minimum atomic E-state index is 0.329. The first-order valence-corrected chi connectivity index (χ1v) is 6.68. The molecule has 0 bridgehead atoms. The zero-order valence-corrected chi connectivity index (χ0v) is 10.9. The first-order valence-electron chi connectivity index (χ1n) is 6.68. The molecule has 1 heteroatoms. The van der Waals surface area contributed by atoms with Gasteiger partial charge in [-0.15, -0.1) is 0 Å². The molecule has 1 nitrogen and oxygen atoms in total. The molecule has 1 aliphatic carbocycles. The lowest BCUT2D eigenvalue weighted by atomic mass is 9.84. The van der Waals surface area contributed by atoms with Gasteiger partial charge >= 0.3 is 0 Å². The van der Waals surface area contributed by atoms with Gasteiger partial charge in [-0.25, -0.2) is 0 Å². The van der Waals surface area contributed by atoms with Crippen molar-refractivity contribution in [2.45, 2.75) is 13.0 Å². The largest absolute Gasteiger partial charge is 0.337 e. The van der Waals surface area contributed by atoms with Gasteiger partial charge in [0.25, 0.3) is 0 Å². The van der Waals surface area contributed by atoms with Crippen LogP contribution in [0.3, 0.4) is 0 Å². The van der Waals surface area contributed by atoms with E-state index in [-0.39, 0.29) is 0 Å². The summed E-state index contributed by atoms with van der Waals surface area (Å²) >= 11 is 0. The van der Waals surface area contributed by atoms with Gasteiger partial charge in [0.05, 0.1) is 6.04 Å². The van der Waals surface area contributed by atoms with Gasteiger partial charge in [0.2, 0.25) is 0 Å². The highest BCUT2D eigenvalue weighted by Gasteiger charge is 2.29. The van der Waals surface area contributed by atoms with Gasteiger partial charge in [-0.1, -0.05) is 48.6 Å². The molecule has 2 heterocycles. The van der Waals surface area contributed by atoms with Crippen molar-refractivity contribution in [3.05, 3.63) is 83.2 Å². The fraction of sp³-hybridized carbons (Fsp3) is 0.111. The van der Waals surface area contributed by atoms with Crippen LogP contribution in [0, 0.1) is 0 Å². The van der Waals surface area contributed by atoms with Gasteiger partial charge in [0, 0.05) is 11.9 Å². The van der Waals surface area contributed by atoms with Gasteiger partial charge in [0.1, 0.15) is 0 Å². The molecule has 1 atom stereocenters. The molecular formula is C18H15N. The zero-order valence-electron chi connectivity index (χ0n) is 10.9. The van der Waals surface area contributed by atoms with E-state index < -0.39 is 0 Å². The van der Waals surface area contributed by atoms with E-state index in [2.05, 4.69) is 78.7 Å². The van der Waals surface area contributed by atoms with Gasteiger partial charge in [0.15, 0.2) is 0 Å². The third-order valence-electron chi connectivity index (χ3n) is 4.01. The highest BCUT2D eigenvalue weighted by molar-refractivity contribution is 5.85. The second-order valence-corrected chi connectivity index (χ2v) is 5.17. The predicted molar refractivity (Wildman–Crippen MR) is 80.1 cm³/mol. The average Bonchev–Trinajstić information content (AvgIpc) is 2.47. The third-order valence-corrected chi connectivity index (χ3v) is 4.01. The predicted octanol–water partition coefficient (Wildman–Crippen LogP) is 4.14. The molecule has 0 N–H and O–H groups in total. The summed E-state index contributed by atoms with van der Waals surface area (Å²) in [5.74, 6) is 0. The fourth-order valence-electron chi connectivity index (χ4n) is 3.11.